The first-order valence-corrected chi connectivity index (χ1v) is 4.03. The summed E-state index contributed by atoms with van der Waals surface area (Å²) >= 11 is 0. The summed E-state index contributed by atoms with van der Waals surface area (Å²) in [7, 11) is 0. The second kappa shape index (κ2) is 3.43. The summed E-state index contributed by atoms with van der Waals surface area (Å²) in [5.74, 6) is -0.888. The van der Waals surface area contributed by atoms with E-state index in [0.717, 1.165) is 12.0 Å². The normalized spacial score (nSPS) is 22.3. The lowest BCUT2D eigenvalue weighted by Gasteiger charge is -2.19. The van der Waals surface area contributed by atoms with E-state index in [9.17, 15) is 4.79 Å². The fourth-order valence-corrected chi connectivity index (χ4v) is 1.22. The topological polar surface area (TPSA) is 49.3 Å². The Balaban J connectivity index is 2.80. The molecule has 1 aliphatic heterocycles. The molecule has 0 aromatic rings. The van der Waals surface area contributed by atoms with Crippen LogP contribution < -0.4 is 5.32 Å². The highest BCUT2D eigenvalue weighted by atomic mass is 16.4. The number of aliphatic carboxylic acids is 1. The quantitative estimate of drug-likeness (QED) is 0.651. The molecule has 1 atom stereocenters. The Bertz CT molecular complexity index is 253. The van der Waals surface area contributed by atoms with Crippen molar-refractivity contribution in [3.63, 3.8) is 0 Å². The van der Waals surface area contributed by atoms with Gasteiger partial charge in [-0.15, -0.1) is 0 Å². The minimum atomic E-state index is -0.888. The summed E-state index contributed by atoms with van der Waals surface area (Å²) in [6, 6.07) is 0.168. The lowest BCUT2D eigenvalue weighted by Crippen LogP contribution is -2.32. The van der Waals surface area contributed by atoms with Crippen LogP contribution in [-0.4, -0.2) is 17.1 Å². The van der Waals surface area contributed by atoms with Gasteiger partial charge in [-0.1, -0.05) is 18.6 Å². The molecule has 1 unspecified atom stereocenters. The molecule has 66 valence electrons. The second-order valence-corrected chi connectivity index (χ2v) is 2.93. The van der Waals surface area contributed by atoms with Gasteiger partial charge >= 0.3 is 5.97 Å². The molecule has 0 bridgehead atoms. The summed E-state index contributed by atoms with van der Waals surface area (Å²) in [5, 5.41) is 11.6. The van der Waals surface area contributed by atoms with E-state index in [-0.39, 0.29) is 6.04 Å². The Morgan fingerprint density at radius 2 is 2.42 bits per heavy atom. The van der Waals surface area contributed by atoms with Crippen molar-refractivity contribution in [3.8, 4) is 0 Å². The molecule has 0 spiro atoms. The van der Waals surface area contributed by atoms with Gasteiger partial charge in [-0.05, 0) is 19.4 Å². The third-order valence-electron chi connectivity index (χ3n) is 1.85. The molecule has 1 heterocycles. The van der Waals surface area contributed by atoms with Crippen LogP contribution in [-0.2, 0) is 4.79 Å². The number of carboxylic acid groups (broad SMARTS) is 1. The average Bonchev–Trinajstić information content (AvgIpc) is 2.03. The van der Waals surface area contributed by atoms with Gasteiger partial charge in [-0.25, -0.2) is 4.79 Å². The highest BCUT2D eigenvalue weighted by Crippen LogP contribution is 2.11. The minimum absolute atomic E-state index is 0.168. The minimum Gasteiger partial charge on any atom is -0.477 e. The van der Waals surface area contributed by atoms with Crippen molar-refractivity contribution in [1.82, 2.24) is 5.32 Å². The monoisotopic (exact) mass is 167 g/mol. The smallest absolute Gasteiger partial charge is 0.351 e. The number of nitrogens with one attached hydrogen (secondary N) is 1. The maximum absolute atomic E-state index is 10.6. The molecule has 12 heavy (non-hydrogen) atoms. The van der Waals surface area contributed by atoms with Gasteiger partial charge < -0.3 is 10.4 Å². The maximum atomic E-state index is 10.6. The third-order valence-corrected chi connectivity index (χ3v) is 1.85. The van der Waals surface area contributed by atoms with E-state index < -0.39 is 5.97 Å². The Hall–Kier alpha value is -1.25. The highest BCUT2D eigenvalue weighted by Gasteiger charge is 2.14. The van der Waals surface area contributed by atoms with Crippen LogP contribution in [0, 0.1) is 0 Å². The molecular formula is C9H13NO2. The van der Waals surface area contributed by atoms with Gasteiger partial charge in [0.2, 0.25) is 0 Å². The molecule has 3 nitrogen and oxygen atoms in total. The zero-order valence-corrected chi connectivity index (χ0v) is 7.29. The first kappa shape index (κ1) is 8.84. The predicted octanol–water partition coefficient (Wildman–Crippen LogP) is 1.28. The van der Waals surface area contributed by atoms with Gasteiger partial charge in [0, 0.05) is 6.04 Å². The molecule has 1 aliphatic rings. The van der Waals surface area contributed by atoms with Crippen LogP contribution >= 0.6 is 0 Å². The van der Waals surface area contributed by atoms with Crippen molar-refractivity contribution in [2.24, 2.45) is 0 Å². The SMILES string of the molecule is CCC1C=C(C)C=C(C(=O)O)N1. The Labute approximate surface area is 71.8 Å². The van der Waals surface area contributed by atoms with Crippen LogP contribution in [0.2, 0.25) is 0 Å². The highest BCUT2D eigenvalue weighted by molar-refractivity contribution is 5.87. The maximum Gasteiger partial charge on any atom is 0.351 e. The summed E-state index contributed by atoms with van der Waals surface area (Å²) < 4.78 is 0. The number of hydrogen-bond acceptors (Lipinski definition) is 2. The zero-order valence-electron chi connectivity index (χ0n) is 7.29. The van der Waals surface area contributed by atoms with E-state index in [0.29, 0.717) is 5.70 Å². The van der Waals surface area contributed by atoms with Crippen LogP contribution in [0.3, 0.4) is 0 Å². The van der Waals surface area contributed by atoms with Crippen molar-refractivity contribution >= 4 is 5.97 Å². The standard InChI is InChI=1S/C9H13NO2/c1-3-7-4-6(2)5-8(10-7)9(11)12/h4-5,7,10H,3H2,1-2H3,(H,11,12). The van der Waals surface area contributed by atoms with Crippen molar-refractivity contribution in [1.29, 1.82) is 0 Å². The second-order valence-electron chi connectivity index (χ2n) is 2.93. The summed E-state index contributed by atoms with van der Waals surface area (Å²) in [6.07, 6.45) is 4.59. The van der Waals surface area contributed by atoms with Crippen LogP contribution in [0.15, 0.2) is 23.4 Å². The summed E-state index contributed by atoms with van der Waals surface area (Å²) in [4.78, 5) is 10.6. The van der Waals surface area contributed by atoms with E-state index in [4.69, 9.17) is 5.11 Å². The number of rotatable bonds is 2. The fourth-order valence-electron chi connectivity index (χ4n) is 1.22. The molecule has 0 radical (unpaired) electrons. The molecule has 0 saturated heterocycles. The molecule has 2 N–H and O–H groups in total. The number of carboxylic acids is 1. The van der Waals surface area contributed by atoms with Crippen LogP contribution in [0.5, 0.6) is 0 Å². The van der Waals surface area contributed by atoms with Crippen molar-refractivity contribution in [3.05, 3.63) is 23.4 Å². The Morgan fingerprint density at radius 3 is 2.92 bits per heavy atom. The summed E-state index contributed by atoms with van der Waals surface area (Å²) in [5.41, 5.74) is 1.31. The molecule has 0 fully saturated rings. The lowest BCUT2D eigenvalue weighted by atomic mass is 10.1. The van der Waals surface area contributed by atoms with E-state index in [2.05, 4.69) is 5.32 Å². The zero-order chi connectivity index (χ0) is 9.14. The molecule has 0 aromatic heterocycles. The van der Waals surface area contributed by atoms with E-state index in [1.165, 1.54) is 0 Å². The van der Waals surface area contributed by atoms with Gasteiger partial charge in [-0.2, -0.15) is 0 Å². The molecule has 0 aliphatic carbocycles. The van der Waals surface area contributed by atoms with Gasteiger partial charge in [0.15, 0.2) is 0 Å². The molecular weight excluding hydrogens is 154 g/mol. The number of hydrogen-bond donors (Lipinski definition) is 2. The lowest BCUT2D eigenvalue weighted by molar-refractivity contribution is -0.133. The van der Waals surface area contributed by atoms with E-state index >= 15 is 0 Å². The average molecular weight is 167 g/mol. The molecule has 3 heteroatoms. The fraction of sp³-hybridized carbons (Fsp3) is 0.444. The molecule has 0 amide bonds. The third kappa shape index (κ3) is 1.87. The number of dihydropyridines is 1. The van der Waals surface area contributed by atoms with Crippen LogP contribution in [0.4, 0.5) is 0 Å². The van der Waals surface area contributed by atoms with Crippen molar-refractivity contribution in [2.45, 2.75) is 26.3 Å². The van der Waals surface area contributed by atoms with E-state index in [1.54, 1.807) is 6.08 Å². The predicted molar refractivity (Wildman–Crippen MR) is 46.7 cm³/mol. The number of allylic oxidation sites excluding steroid dienone is 2. The number of carbonyl (C=O) groups is 1. The largest absolute Gasteiger partial charge is 0.477 e. The molecule has 1 rings (SSSR count). The van der Waals surface area contributed by atoms with Gasteiger partial charge in [0.25, 0.3) is 0 Å². The first-order chi connectivity index (χ1) is 5.63. The Morgan fingerprint density at radius 1 is 1.75 bits per heavy atom. The van der Waals surface area contributed by atoms with Gasteiger partial charge in [0.05, 0.1) is 0 Å². The van der Waals surface area contributed by atoms with Crippen molar-refractivity contribution < 1.29 is 9.90 Å². The van der Waals surface area contributed by atoms with Crippen LogP contribution in [0.25, 0.3) is 0 Å². The van der Waals surface area contributed by atoms with Crippen molar-refractivity contribution in [2.75, 3.05) is 0 Å². The molecule has 0 saturated carbocycles. The van der Waals surface area contributed by atoms with E-state index in [1.807, 2.05) is 19.9 Å². The van der Waals surface area contributed by atoms with Gasteiger partial charge in [0.1, 0.15) is 5.70 Å². The Kier molecular flexibility index (Phi) is 2.53. The van der Waals surface area contributed by atoms with Crippen LogP contribution in [0.1, 0.15) is 20.3 Å². The summed E-state index contributed by atoms with van der Waals surface area (Å²) in [6.45, 7) is 3.93. The van der Waals surface area contributed by atoms with Gasteiger partial charge in [-0.3, -0.25) is 0 Å². The first-order valence-electron chi connectivity index (χ1n) is 4.03. The molecule has 0 aromatic carbocycles.